The number of amides is 1. The summed E-state index contributed by atoms with van der Waals surface area (Å²) in [5.74, 6) is 1.000. The SMILES string of the molecule is CC(C(=O)NC1CCCCC1)c1nc(-c2ccnc(C3CC3)c2)no1. The van der Waals surface area contributed by atoms with Crippen LogP contribution in [0.4, 0.5) is 0 Å². The zero-order chi connectivity index (χ0) is 17.2. The molecule has 2 aromatic heterocycles. The Morgan fingerprint density at radius 3 is 2.80 bits per heavy atom. The van der Waals surface area contributed by atoms with E-state index < -0.39 is 5.92 Å². The lowest BCUT2D eigenvalue weighted by Crippen LogP contribution is -2.38. The Labute approximate surface area is 147 Å². The summed E-state index contributed by atoms with van der Waals surface area (Å²) >= 11 is 0. The Morgan fingerprint density at radius 2 is 2.04 bits per heavy atom. The topological polar surface area (TPSA) is 80.9 Å². The molecular weight excluding hydrogens is 316 g/mol. The quantitative estimate of drug-likeness (QED) is 0.900. The molecule has 2 heterocycles. The normalized spacial score (nSPS) is 19.6. The number of carbonyl (C=O) groups excluding carboxylic acids is 1. The maximum absolute atomic E-state index is 12.5. The third-order valence-electron chi connectivity index (χ3n) is 5.19. The standard InChI is InChI=1S/C19H24N4O2/c1-12(18(24)21-15-5-3-2-4-6-15)19-22-17(23-25-19)14-9-10-20-16(11-14)13-7-8-13/h9-13,15H,2-8H2,1H3,(H,21,24). The molecule has 4 rings (SSSR count). The molecule has 0 spiro atoms. The number of nitrogens with one attached hydrogen (secondary N) is 1. The first kappa shape index (κ1) is 16.2. The second-order valence-electron chi connectivity index (χ2n) is 7.27. The fourth-order valence-electron chi connectivity index (χ4n) is 3.40. The van der Waals surface area contributed by atoms with Crippen LogP contribution in [0.5, 0.6) is 0 Å². The number of aromatic nitrogens is 3. The van der Waals surface area contributed by atoms with Gasteiger partial charge in [-0.1, -0.05) is 24.4 Å². The van der Waals surface area contributed by atoms with E-state index in [2.05, 4.69) is 20.4 Å². The summed E-state index contributed by atoms with van der Waals surface area (Å²) in [5.41, 5.74) is 1.98. The highest BCUT2D eigenvalue weighted by Crippen LogP contribution is 2.39. The van der Waals surface area contributed by atoms with Crippen LogP contribution in [0.15, 0.2) is 22.9 Å². The van der Waals surface area contributed by atoms with Gasteiger partial charge in [0.15, 0.2) is 0 Å². The second-order valence-corrected chi connectivity index (χ2v) is 7.27. The number of nitrogens with zero attached hydrogens (tertiary/aromatic N) is 3. The fourth-order valence-corrected chi connectivity index (χ4v) is 3.40. The number of hydrogen-bond acceptors (Lipinski definition) is 5. The van der Waals surface area contributed by atoms with Gasteiger partial charge in [0.1, 0.15) is 5.92 Å². The highest BCUT2D eigenvalue weighted by atomic mass is 16.5. The van der Waals surface area contributed by atoms with Crippen molar-refractivity contribution >= 4 is 5.91 Å². The van der Waals surface area contributed by atoms with E-state index in [1.807, 2.05) is 19.1 Å². The van der Waals surface area contributed by atoms with Crippen molar-refractivity contribution in [2.45, 2.75) is 69.7 Å². The van der Waals surface area contributed by atoms with Crippen molar-refractivity contribution in [3.05, 3.63) is 29.9 Å². The first-order valence-electron chi connectivity index (χ1n) is 9.31. The van der Waals surface area contributed by atoms with Crippen molar-refractivity contribution in [3.63, 3.8) is 0 Å². The molecule has 2 saturated carbocycles. The van der Waals surface area contributed by atoms with Gasteiger partial charge in [0.05, 0.1) is 0 Å². The van der Waals surface area contributed by atoms with Crippen molar-refractivity contribution in [2.24, 2.45) is 0 Å². The van der Waals surface area contributed by atoms with Crippen LogP contribution in [0.3, 0.4) is 0 Å². The molecule has 0 saturated heterocycles. The molecule has 1 atom stereocenters. The summed E-state index contributed by atoms with van der Waals surface area (Å²) in [7, 11) is 0. The van der Waals surface area contributed by atoms with E-state index in [0.717, 1.165) is 24.1 Å². The van der Waals surface area contributed by atoms with Gasteiger partial charge < -0.3 is 9.84 Å². The molecular formula is C19H24N4O2. The summed E-state index contributed by atoms with van der Waals surface area (Å²) in [4.78, 5) is 21.3. The molecule has 2 aliphatic rings. The molecule has 0 aliphatic heterocycles. The third kappa shape index (κ3) is 3.72. The molecule has 2 aromatic rings. The minimum atomic E-state index is -0.437. The summed E-state index contributed by atoms with van der Waals surface area (Å²) < 4.78 is 5.36. The number of pyridine rings is 1. The summed E-state index contributed by atoms with van der Waals surface area (Å²) in [6.45, 7) is 1.82. The lowest BCUT2D eigenvalue weighted by Gasteiger charge is -2.23. The predicted molar refractivity (Wildman–Crippen MR) is 92.9 cm³/mol. The maximum Gasteiger partial charge on any atom is 0.239 e. The van der Waals surface area contributed by atoms with Crippen LogP contribution < -0.4 is 5.32 Å². The van der Waals surface area contributed by atoms with Gasteiger partial charge in [-0.25, -0.2) is 0 Å². The van der Waals surface area contributed by atoms with Crippen molar-refractivity contribution in [2.75, 3.05) is 0 Å². The van der Waals surface area contributed by atoms with Crippen LogP contribution in [0.25, 0.3) is 11.4 Å². The molecule has 132 valence electrons. The van der Waals surface area contributed by atoms with Crippen LogP contribution in [0, 0.1) is 0 Å². The largest absolute Gasteiger partial charge is 0.353 e. The molecule has 2 aliphatic carbocycles. The number of carbonyl (C=O) groups is 1. The maximum atomic E-state index is 12.5. The number of hydrogen-bond donors (Lipinski definition) is 1. The molecule has 25 heavy (non-hydrogen) atoms. The van der Waals surface area contributed by atoms with E-state index in [1.54, 1.807) is 6.20 Å². The first-order valence-corrected chi connectivity index (χ1v) is 9.31. The lowest BCUT2D eigenvalue weighted by atomic mass is 9.95. The first-order chi connectivity index (χ1) is 12.2. The van der Waals surface area contributed by atoms with Crippen LogP contribution in [-0.4, -0.2) is 27.1 Å². The van der Waals surface area contributed by atoms with Crippen molar-refractivity contribution < 1.29 is 9.32 Å². The van der Waals surface area contributed by atoms with E-state index in [0.29, 0.717) is 17.6 Å². The summed E-state index contributed by atoms with van der Waals surface area (Å²) in [6.07, 6.45) is 9.97. The third-order valence-corrected chi connectivity index (χ3v) is 5.19. The zero-order valence-electron chi connectivity index (χ0n) is 14.6. The van der Waals surface area contributed by atoms with Crippen molar-refractivity contribution in [1.29, 1.82) is 0 Å². The van der Waals surface area contributed by atoms with Gasteiger partial charge in [-0.05, 0) is 44.7 Å². The highest BCUT2D eigenvalue weighted by Gasteiger charge is 2.27. The molecule has 6 heteroatoms. The van der Waals surface area contributed by atoms with Crippen LogP contribution >= 0.6 is 0 Å². The molecule has 0 radical (unpaired) electrons. The molecule has 1 unspecified atom stereocenters. The molecule has 1 N–H and O–H groups in total. The van der Waals surface area contributed by atoms with Crippen molar-refractivity contribution in [3.8, 4) is 11.4 Å². The lowest BCUT2D eigenvalue weighted by molar-refractivity contribution is -0.123. The smallest absolute Gasteiger partial charge is 0.239 e. The Kier molecular flexibility index (Phi) is 4.51. The highest BCUT2D eigenvalue weighted by molar-refractivity contribution is 5.82. The molecule has 6 nitrogen and oxygen atoms in total. The van der Waals surface area contributed by atoms with E-state index in [1.165, 1.54) is 32.1 Å². The molecule has 2 fully saturated rings. The number of rotatable bonds is 5. The summed E-state index contributed by atoms with van der Waals surface area (Å²) in [6, 6.07) is 4.19. The Balaban J connectivity index is 1.44. The van der Waals surface area contributed by atoms with Gasteiger partial charge >= 0.3 is 0 Å². The second kappa shape index (κ2) is 6.94. The average molecular weight is 340 g/mol. The van der Waals surface area contributed by atoms with Crippen LogP contribution in [-0.2, 0) is 4.79 Å². The monoisotopic (exact) mass is 340 g/mol. The predicted octanol–water partition coefficient (Wildman–Crippen LogP) is 3.56. The summed E-state index contributed by atoms with van der Waals surface area (Å²) in [5, 5.41) is 7.19. The van der Waals surface area contributed by atoms with Crippen LogP contribution in [0.2, 0.25) is 0 Å². The van der Waals surface area contributed by atoms with Gasteiger partial charge in [-0.3, -0.25) is 9.78 Å². The van der Waals surface area contributed by atoms with Crippen LogP contribution in [0.1, 0.15) is 75.3 Å². The fraction of sp³-hybridized carbons (Fsp3) is 0.579. The Bertz CT molecular complexity index is 747. The minimum Gasteiger partial charge on any atom is -0.353 e. The molecule has 0 bridgehead atoms. The van der Waals surface area contributed by atoms with Gasteiger partial charge in [-0.15, -0.1) is 0 Å². The van der Waals surface area contributed by atoms with Crippen molar-refractivity contribution in [1.82, 2.24) is 20.4 Å². The Morgan fingerprint density at radius 1 is 1.24 bits per heavy atom. The van der Waals surface area contributed by atoms with Gasteiger partial charge in [-0.2, -0.15) is 4.98 Å². The van der Waals surface area contributed by atoms with E-state index >= 15 is 0 Å². The molecule has 0 aromatic carbocycles. The Hall–Kier alpha value is -2.24. The van der Waals surface area contributed by atoms with Gasteiger partial charge in [0, 0.05) is 29.4 Å². The van der Waals surface area contributed by atoms with E-state index in [9.17, 15) is 4.79 Å². The van der Waals surface area contributed by atoms with Gasteiger partial charge in [0.25, 0.3) is 0 Å². The van der Waals surface area contributed by atoms with Gasteiger partial charge in [0.2, 0.25) is 17.6 Å². The zero-order valence-corrected chi connectivity index (χ0v) is 14.6. The average Bonchev–Trinajstić information content (AvgIpc) is 3.39. The molecule has 1 amide bonds. The van der Waals surface area contributed by atoms with E-state index in [-0.39, 0.29) is 11.9 Å². The van der Waals surface area contributed by atoms with E-state index in [4.69, 9.17) is 4.52 Å². The minimum absolute atomic E-state index is 0.0319.